The molecule has 1 heterocycles. The summed E-state index contributed by atoms with van der Waals surface area (Å²) >= 11 is 8.58. The van der Waals surface area contributed by atoms with Crippen LogP contribution >= 0.6 is 34.7 Å². The highest BCUT2D eigenvalue weighted by molar-refractivity contribution is 7.99. The average Bonchev–Trinajstić information content (AvgIpc) is 3.21. The molecule has 3 rings (SSSR count). The molecule has 162 valence electrons. The van der Waals surface area contributed by atoms with E-state index in [0.29, 0.717) is 33.1 Å². The van der Waals surface area contributed by atoms with Gasteiger partial charge in [-0.3, -0.25) is 14.9 Å². The number of nitrogens with zero attached hydrogens (tertiary/aromatic N) is 1. The molecule has 2 N–H and O–H groups in total. The van der Waals surface area contributed by atoms with Gasteiger partial charge in [0.05, 0.1) is 18.6 Å². The van der Waals surface area contributed by atoms with E-state index in [1.165, 1.54) is 23.1 Å². The molecule has 2 aromatic carbocycles. The van der Waals surface area contributed by atoms with Crippen LogP contribution in [0.25, 0.3) is 0 Å². The minimum atomic E-state index is -0.303. The molecule has 3 aromatic rings. The molecule has 0 saturated heterocycles. The Hall–Kier alpha value is -2.75. The summed E-state index contributed by atoms with van der Waals surface area (Å²) in [7, 11) is 1.59. The van der Waals surface area contributed by atoms with E-state index >= 15 is 0 Å². The third kappa shape index (κ3) is 7.78. The van der Waals surface area contributed by atoms with E-state index in [0.717, 1.165) is 11.4 Å². The number of anilines is 2. The number of carbonyl (C=O) groups is 2. The summed E-state index contributed by atoms with van der Waals surface area (Å²) in [5.41, 5.74) is 1.51. The third-order valence-electron chi connectivity index (χ3n) is 3.84. The Morgan fingerprint density at radius 3 is 2.45 bits per heavy atom. The van der Waals surface area contributed by atoms with Crippen LogP contribution in [-0.4, -0.2) is 36.3 Å². The molecule has 0 fully saturated rings. The first-order valence-corrected chi connectivity index (χ1v) is 11.6. The lowest BCUT2D eigenvalue weighted by Gasteiger charge is -2.06. The Morgan fingerprint density at radius 2 is 1.74 bits per heavy atom. The molecule has 0 radical (unpaired) electrons. The normalized spacial score (nSPS) is 10.4. The summed E-state index contributed by atoms with van der Waals surface area (Å²) in [6.45, 7) is -0.128. The van der Waals surface area contributed by atoms with Crippen LogP contribution < -0.4 is 20.1 Å². The van der Waals surface area contributed by atoms with Gasteiger partial charge in [-0.05, 0) is 48.5 Å². The smallest absolute Gasteiger partial charge is 0.264 e. The minimum absolute atomic E-state index is 0.0988. The number of nitrogens with one attached hydrogen (secondary N) is 2. The molecule has 7 nitrogen and oxygen atoms in total. The van der Waals surface area contributed by atoms with Crippen LogP contribution in [0, 0.1) is 0 Å². The van der Waals surface area contributed by atoms with Gasteiger partial charge in [-0.25, -0.2) is 4.98 Å². The lowest BCUT2D eigenvalue weighted by atomic mass is 10.3. The average molecular weight is 478 g/mol. The van der Waals surface area contributed by atoms with Crippen molar-refractivity contribution >= 4 is 57.3 Å². The van der Waals surface area contributed by atoms with Gasteiger partial charge in [-0.15, -0.1) is 23.1 Å². The fraction of sp³-hybridized carbons (Fsp3) is 0.190. The number of methoxy groups -OCH3 is 1. The Bertz CT molecular complexity index is 1010. The van der Waals surface area contributed by atoms with Crippen LogP contribution in [0.5, 0.6) is 11.5 Å². The van der Waals surface area contributed by atoms with Crippen LogP contribution in [0.15, 0.2) is 53.9 Å². The van der Waals surface area contributed by atoms with Gasteiger partial charge in [0.1, 0.15) is 11.5 Å². The molecule has 2 amide bonds. The van der Waals surface area contributed by atoms with Crippen molar-refractivity contribution in [1.82, 2.24) is 4.98 Å². The number of hydrogen-bond acceptors (Lipinski definition) is 7. The Balaban J connectivity index is 1.36. The predicted molar refractivity (Wildman–Crippen MR) is 125 cm³/mol. The first kappa shape index (κ1) is 22.9. The summed E-state index contributed by atoms with van der Waals surface area (Å²) < 4.78 is 10.5. The zero-order chi connectivity index (χ0) is 22.1. The fourth-order valence-electron chi connectivity index (χ4n) is 2.39. The molecule has 0 atom stereocenters. The number of aromatic nitrogens is 1. The third-order valence-corrected chi connectivity index (χ3v) is 5.86. The number of halogens is 1. The van der Waals surface area contributed by atoms with Crippen LogP contribution in [0.2, 0.25) is 5.02 Å². The van der Waals surface area contributed by atoms with Gasteiger partial charge in [0.25, 0.3) is 5.91 Å². The molecule has 1 aromatic heterocycles. The van der Waals surface area contributed by atoms with Crippen molar-refractivity contribution in [3.63, 3.8) is 0 Å². The first-order chi connectivity index (χ1) is 15.0. The van der Waals surface area contributed by atoms with Crippen molar-refractivity contribution in [1.29, 1.82) is 0 Å². The lowest BCUT2D eigenvalue weighted by molar-refractivity contribution is -0.118. The number of carbonyl (C=O) groups excluding carboxylic acids is 2. The van der Waals surface area contributed by atoms with Crippen molar-refractivity contribution in [2.24, 2.45) is 0 Å². The number of amides is 2. The molecule has 0 spiro atoms. The van der Waals surface area contributed by atoms with Crippen LogP contribution in [0.4, 0.5) is 10.8 Å². The molecule has 0 aliphatic carbocycles. The maximum Gasteiger partial charge on any atom is 0.264 e. The van der Waals surface area contributed by atoms with E-state index in [1.807, 2.05) is 5.38 Å². The van der Waals surface area contributed by atoms with Crippen LogP contribution in [-0.2, 0) is 15.3 Å². The van der Waals surface area contributed by atoms with Crippen molar-refractivity contribution < 1.29 is 19.1 Å². The molecule has 0 aliphatic rings. The summed E-state index contributed by atoms with van der Waals surface area (Å²) in [6, 6.07) is 13.9. The first-order valence-electron chi connectivity index (χ1n) is 9.16. The number of ether oxygens (including phenoxy) is 2. The van der Waals surface area contributed by atoms with E-state index in [4.69, 9.17) is 21.1 Å². The van der Waals surface area contributed by atoms with Crippen LogP contribution in [0.3, 0.4) is 0 Å². The Morgan fingerprint density at radius 1 is 1.03 bits per heavy atom. The lowest BCUT2D eigenvalue weighted by Crippen LogP contribution is -2.20. The van der Waals surface area contributed by atoms with Gasteiger partial charge in [0, 0.05) is 21.8 Å². The second kappa shape index (κ2) is 11.6. The second-order valence-corrected chi connectivity index (χ2v) is 8.48. The number of hydrogen-bond donors (Lipinski definition) is 2. The summed E-state index contributed by atoms with van der Waals surface area (Å²) in [5, 5.41) is 8.47. The maximum absolute atomic E-state index is 12.1. The summed E-state index contributed by atoms with van der Waals surface area (Å²) in [6.07, 6.45) is 0. The standard InChI is InChI=1S/C21H20ClN3O4S2/c1-28-17-8-4-15(5-9-17)23-20(27)13-30-11-16-12-31-21(24-16)25-19(26)10-29-18-6-2-14(22)3-7-18/h2-9,12H,10-11,13H2,1H3,(H,23,27)(H,24,25,26). The molecule has 0 saturated carbocycles. The quantitative estimate of drug-likeness (QED) is 0.440. The summed E-state index contributed by atoms with van der Waals surface area (Å²) in [5.74, 6) is 1.74. The number of rotatable bonds is 10. The van der Waals surface area contributed by atoms with Gasteiger partial charge >= 0.3 is 0 Å². The Kier molecular flexibility index (Phi) is 8.57. The van der Waals surface area contributed by atoms with Gasteiger partial charge in [0.15, 0.2) is 11.7 Å². The highest BCUT2D eigenvalue weighted by Gasteiger charge is 2.09. The molecule has 10 heteroatoms. The monoisotopic (exact) mass is 477 g/mol. The Labute approximate surface area is 193 Å². The van der Waals surface area contributed by atoms with Crippen molar-refractivity contribution in [2.75, 3.05) is 30.1 Å². The second-order valence-electron chi connectivity index (χ2n) is 6.20. The molecule has 0 aliphatic heterocycles. The van der Waals surface area contributed by atoms with Gasteiger partial charge < -0.3 is 14.8 Å². The van der Waals surface area contributed by atoms with Gasteiger partial charge in [-0.1, -0.05) is 11.6 Å². The molecule has 0 unspecified atom stereocenters. The zero-order valence-electron chi connectivity index (χ0n) is 16.6. The summed E-state index contributed by atoms with van der Waals surface area (Å²) in [4.78, 5) is 28.4. The molecule has 31 heavy (non-hydrogen) atoms. The van der Waals surface area contributed by atoms with E-state index in [1.54, 1.807) is 55.6 Å². The van der Waals surface area contributed by atoms with Crippen molar-refractivity contribution in [3.8, 4) is 11.5 Å². The molecular weight excluding hydrogens is 458 g/mol. The van der Waals surface area contributed by atoms with E-state index < -0.39 is 0 Å². The van der Waals surface area contributed by atoms with E-state index in [-0.39, 0.29) is 18.4 Å². The molecule has 0 bridgehead atoms. The van der Waals surface area contributed by atoms with E-state index in [2.05, 4.69) is 15.6 Å². The maximum atomic E-state index is 12.1. The molecular formula is C21H20ClN3O4S2. The van der Waals surface area contributed by atoms with Crippen LogP contribution in [0.1, 0.15) is 5.69 Å². The van der Waals surface area contributed by atoms with E-state index in [9.17, 15) is 9.59 Å². The van der Waals surface area contributed by atoms with Crippen molar-refractivity contribution in [3.05, 3.63) is 64.6 Å². The SMILES string of the molecule is COc1ccc(NC(=O)CSCc2csc(NC(=O)COc3ccc(Cl)cc3)n2)cc1. The number of thiazole rings is 1. The van der Waals surface area contributed by atoms with Crippen molar-refractivity contribution in [2.45, 2.75) is 5.75 Å². The predicted octanol–water partition coefficient (Wildman–Crippen LogP) is 4.69. The zero-order valence-corrected chi connectivity index (χ0v) is 19.0. The minimum Gasteiger partial charge on any atom is -0.497 e. The topological polar surface area (TPSA) is 89.6 Å². The highest BCUT2D eigenvalue weighted by atomic mass is 35.5. The highest BCUT2D eigenvalue weighted by Crippen LogP contribution is 2.21. The number of benzene rings is 2. The number of thioether (sulfide) groups is 1. The largest absolute Gasteiger partial charge is 0.497 e. The van der Waals surface area contributed by atoms with Gasteiger partial charge in [-0.2, -0.15) is 0 Å². The fourth-order valence-corrected chi connectivity index (χ4v) is 4.06. The van der Waals surface area contributed by atoms with Gasteiger partial charge in [0.2, 0.25) is 5.91 Å².